The fourth-order valence-electron chi connectivity index (χ4n) is 1.89. The molecule has 2 aromatic rings. The van der Waals surface area contributed by atoms with Gasteiger partial charge in [-0.15, -0.1) is 0 Å². The van der Waals surface area contributed by atoms with Gasteiger partial charge < -0.3 is 4.18 Å². The van der Waals surface area contributed by atoms with Crippen molar-refractivity contribution in [3.8, 4) is 5.75 Å². The smallest absolute Gasteiger partial charge is 0.339 e. The molecule has 0 unspecified atom stereocenters. The van der Waals surface area contributed by atoms with Crippen molar-refractivity contribution in [1.29, 1.82) is 0 Å². The maximum absolute atomic E-state index is 12.4. The summed E-state index contributed by atoms with van der Waals surface area (Å²) in [6.07, 6.45) is 0. The molecule has 0 fully saturated rings. The Hall–Kier alpha value is -1.66. The summed E-state index contributed by atoms with van der Waals surface area (Å²) in [5.74, 6) is -0.250. The summed E-state index contributed by atoms with van der Waals surface area (Å²) in [4.78, 5) is 11.7. The molecule has 0 aliphatic rings. The average Bonchev–Trinajstić information content (AvgIpc) is 2.43. The summed E-state index contributed by atoms with van der Waals surface area (Å²) in [6.45, 7) is 5.08. The highest BCUT2D eigenvalue weighted by Crippen LogP contribution is 2.27. The third kappa shape index (κ3) is 3.56. The third-order valence-electron chi connectivity index (χ3n) is 3.29. The molecule has 2 aromatic carbocycles. The van der Waals surface area contributed by atoms with Crippen LogP contribution in [0.4, 0.5) is 0 Å². The molecule has 6 heteroatoms. The van der Waals surface area contributed by atoms with Gasteiger partial charge in [0.25, 0.3) is 0 Å². The van der Waals surface area contributed by atoms with E-state index in [2.05, 4.69) is 15.9 Å². The minimum absolute atomic E-state index is 0.0222. The van der Waals surface area contributed by atoms with E-state index in [1.165, 1.54) is 25.1 Å². The first kappa shape index (κ1) is 16.7. The van der Waals surface area contributed by atoms with E-state index in [0.717, 1.165) is 11.1 Å². The highest BCUT2D eigenvalue weighted by molar-refractivity contribution is 9.10. The third-order valence-corrected chi connectivity index (χ3v) is 5.01. The van der Waals surface area contributed by atoms with Crippen molar-refractivity contribution < 1.29 is 17.4 Å². The summed E-state index contributed by atoms with van der Waals surface area (Å²) < 4.78 is 30.6. The Morgan fingerprint density at radius 2 is 1.73 bits per heavy atom. The van der Waals surface area contributed by atoms with Crippen LogP contribution in [0.5, 0.6) is 5.75 Å². The van der Waals surface area contributed by atoms with E-state index >= 15 is 0 Å². The first-order chi connectivity index (χ1) is 10.2. The first-order valence-corrected chi connectivity index (χ1v) is 8.73. The van der Waals surface area contributed by atoms with E-state index in [1.54, 1.807) is 18.2 Å². The monoisotopic (exact) mass is 382 g/mol. The standard InChI is InChI=1S/C16H15BrO4S/c1-10-4-6-14(8-11(10)2)22(19,20)21-16-7-5-13(17)9-15(16)12(3)18/h4-9H,1-3H3. The Kier molecular flexibility index (Phi) is 4.72. The summed E-state index contributed by atoms with van der Waals surface area (Å²) in [7, 11) is -3.99. The number of Topliss-reactive ketones (excluding diaryl/α,β-unsaturated/α-hetero) is 1. The van der Waals surface area contributed by atoms with Crippen LogP contribution in [0.1, 0.15) is 28.4 Å². The van der Waals surface area contributed by atoms with Crippen LogP contribution in [-0.2, 0) is 10.1 Å². The molecule has 0 saturated carbocycles. The minimum atomic E-state index is -3.99. The molecule has 0 heterocycles. The van der Waals surface area contributed by atoms with E-state index in [1.807, 2.05) is 13.8 Å². The zero-order valence-corrected chi connectivity index (χ0v) is 14.8. The molecule has 0 aliphatic carbocycles. The van der Waals surface area contributed by atoms with E-state index in [-0.39, 0.29) is 22.0 Å². The van der Waals surface area contributed by atoms with Gasteiger partial charge in [0.1, 0.15) is 4.90 Å². The van der Waals surface area contributed by atoms with Crippen LogP contribution >= 0.6 is 15.9 Å². The van der Waals surface area contributed by atoms with Crippen LogP contribution in [0.3, 0.4) is 0 Å². The molecule has 0 saturated heterocycles. The highest BCUT2D eigenvalue weighted by Gasteiger charge is 2.20. The lowest BCUT2D eigenvalue weighted by molar-refractivity contribution is 0.101. The van der Waals surface area contributed by atoms with Gasteiger partial charge in [0, 0.05) is 4.47 Å². The summed E-state index contributed by atoms with van der Waals surface area (Å²) in [5, 5.41) is 0. The fraction of sp³-hybridized carbons (Fsp3) is 0.188. The fourth-order valence-corrected chi connectivity index (χ4v) is 3.28. The van der Waals surface area contributed by atoms with Gasteiger partial charge in [-0.1, -0.05) is 22.0 Å². The molecular weight excluding hydrogens is 368 g/mol. The average molecular weight is 383 g/mol. The Morgan fingerprint density at radius 1 is 1.05 bits per heavy atom. The topological polar surface area (TPSA) is 60.4 Å². The number of hydrogen-bond donors (Lipinski definition) is 0. The summed E-state index contributed by atoms with van der Waals surface area (Å²) in [6, 6.07) is 9.38. The molecule has 0 atom stereocenters. The second-order valence-corrected chi connectivity index (χ2v) is 7.44. The Bertz CT molecular complexity index is 841. The molecule has 2 rings (SSSR count). The van der Waals surface area contributed by atoms with Gasteiger partial charge in [0.05, 0.1) is 5.56 Å². The molecule has 22 heavy (non-hydrogen) atoms. The van der Waals surface area contributed by atoms with Gasteiger partial charge in [-0.25, -0.2) is 0 Å². The highest BCUT2D eigenvalue weighted by atomic mass is 79.9. The quantitative estimate of drug-likeness (QED) is 0.591. The second-order valence-electron chi connectivity index (χ2n) is 4.98. The molecular formula is C16H15BrO4S. The molecule has 0 spiro atoms. The van der Waals surface area contributed by atoms with E-state index in [4.69, 9.17) is 4.18 Å². The predicted molar refractivity (Wildman–Crippen MR) is 87.9 cm³/mol. The van der Waals surface area contributed by atoms with Crippen LogP contribution in [0, 0.1) is 13.8 Å². The SMILES string of the molecule is CC(=O)c1cc(Br)ccc1OS(=O)(=O)c1ccc(C)c(C)c1. The van der Waals surface area contributed by atoms with E-state index in [9.17, 15) is 13.2 Å². The number of hydrogen-bond acceptors (Lipinski definition) is 4. The van der Waals surface area contributed by atoms with Crippen LogP contribution in [0.2, 0.25) is 0 Å². The summed E-state index contributed by atoms with van der Waals surface area (Å²) in [5.41, 5.74) is 2.06. The summed E-state index contributed by atoms with van der Waals surface area (Å²) >= 11 is 3.25. The van der Waals surface area contributed by atoms with Crippen LogP contribution in [0.15, 0.2) is 45.8 Å². The van der Waals surface area contributed by atoms with E-state index in [0.29, 0.717) is 4.47 Å². The maximum Gasteiger partial charge on any atom is 0.339 e. The Labute approximate surface area is 138 Å². The van der Waals surface area contributed by atoms with Gasteiger partial charge in [0.2, 0.25) is 0 Å². The van der Waals surface area contributed by atoms with Crippen molar-refractivity contribution in [3.05, 3.63) is 57.6 Å². The number of benzene rings is 2. The molecule has 0 N–H and O–H groups in total. The molecule has 0 bridgehead atoms. The van der Waals surface area contributed by atoms with Crippen LogP contribution < -0.4 is 4.18 Å². The Morgan fingerprint density at radius 3 is 2.32 bits per heavy atom. The van der Waals surface area contributed by atoms with Crippen molar-refractivity contribution in [2.24, 2.45) is 0 Å². The normalized spacial score (nSPS) is 11.3. The lowest BCUT2D eigenvalue weighted by Crippen LogP contribution is -2.12. The van der Waals surface area contributed by atoms with Gasteiger partial charge in [0.15, 0.2) is 11.5 Å². The molecule has 116 valence electrons. The lowest BCUT2D eigenvalue weighted by Gasteiger charge is -2.11. The predicted octanol–water partition coefficient (Wildman–Crippen LogP) is 4.04. The van der Waals surface area contributed by atoms with Crippen LogP contribution in [-0.4, -0.2) is 14.2 Å². The van der Waals surface area contributed by atoms with Crippen molar-refractivity contribution in [3.63, 3.8) is 0 Å². The van der Waals surface area contributed by atoms with E-state index < -0.39 is 10.1 Å². The van der Waals surface area contributed by atoms with Gasteiger partial charge in [-0.05, 0) is 62.2 Å². The lowest BCUT2D eigenvalue weighted by atomic mass is 10.1. The number of ketones is 1. The van der Waals surface area contributed by atoms with Crippen molar-refractivity contribution in [2.45, 2.75) is 25.7 Å². The maximum atomic E-state index is 12.4. The number of carbonyl (C=O) groups is 1. The molecule has 4 nitrogen and oxygen atoms in total. The number of halogens is 1. The molecule has 0 aromatic heterocycles. The van der Waals surface area contributed by atoms with Crippen molar-refractivity contribution >= 4 is 31.8 Å². The number of aryl methyl sites for hydroxylation is 2. The number of rotatable bonds is 4. The first-order valence-electron chi connectivity index (χ1n) is 6.53. The van der Waals surface area contributed by atoms with Gasteiger partial charge in [-0.3, -0.25) is 4.79 Å². The molecule has 0 aliphatic heterocycles. The largest absolute Gasteiger partial charge is 0.378 e. The molecule has 0 amide bonds. The van der Waals surface area contributed by atoms with Crippen molar-refractivity contribution in [2.75, 3.05) is 0 Å². The zero-order valence-electron chi connectivity index (χ0n) is 12.4. The second kappa shape index (κ2) is 6.22. The number of carbonyl (C=O) groups excluding carboxylic acids is 1. The Balaban J connectivity index is 2.45. The van der Waals surface area contributed by atoms with Crippen LogP contribution in [0.25, 0.3) is 0 Å². The minimum Gasteiger partial charge on any atom is -0.378 e. The van der Waals surface area contributed by atoms with Crippen molar-refractivity contribution in [1.82, 2.24) is 0 Å². The van der Waals surface area contributed by atoms with Gasteiger partial charge >= 0.3 is 10.1 Å². The zero-order chi connectivity index (χ0) is 16.5. The molecule has 0 radical (unpaired) electrons. The van der Waals surface area contributed by atoms with Gasteiger partial charge in [-0.2, -0.15) is 8.42 Å².